The minimum absolute atomic E-state index is 0.640. The summed E-state index contributed by atoms with van der Waals surface area (Å²) in [5.74, 6) is 1.39. The van der Waals surface area contributed by atoms with Crippen molar-refractivity contribution in [2.75, 3.05) is 42.5 Å². The lowest BCUT2D eigenvalue weighted by Crippen LogP contribution is -2.25. The highest BCUT2D eigenvalue weighted by atomic mass is 15.2. The summed E-state index contributed by atoms with van der Waals surface area (Å²) in [6.07, 6.45) is 1.05. The molecule has 3 aromatic rings. The number of nitrogens with zero attached hydrogens (tertiary/aromatic N) is 4. The van der Waals surface area contributed by atoms with E-state index in [9.17, 15) is 0 Å². The van der Waals surface area contributed by atoms with E-state index >= 15 is 0 Å². The molecule has 0 radical (unpaired) electrons. The van der Waals surface area contributed by atoms with Crippen LogP contribution in [0.25, 0.3) is 10.9 Å². The van der Waals surface area contributed by atoms with Crippen LogP contribution in [-0.4, -0.2) is 46.0 Å². The molecule has 0 saturated carbocycles. The summed E-state index contributed by atoms with van der Waals surface area (Å²) >= 11 is 0. The number of fused-ring (bicyclic) bond motifs is 1. The second kappa shape index (κ2) is 9.52. The van der Waals surface area contributed by atoms with Gasteiger partial charge in [0, 0.05) is 35.1 Å². The number of nitrogen functional groups attached to an aromatic ring is 1. The first-order valence-electron chi connectivity index (χ1n) is 10.2. The Balaban J connectivity index is 1.75. The highest BCUT2D eigenvalue weighted by molar-refractivity contribution is 5.94. The number of pyridine rings is 1. The third-order valence-corrected chi connectivity index (χ3v) is 4.91. The van der Waals surface area contributed by atoms with Crippen LogP contribution < -0.4 is 16.4 Å². The molecule has 0 unspecified atom stereocenters. The molecule has 154 valence electrons. The van der Waals surface area contributed by atoms with Crippen LogP contribution in [0.3, 0.4) is 0 Å². The minimum Gasteiger partial charge on any atom is -0.399 e. The van der Waals surface area contributed by atoms with Crippen molar-refractivity contribution in [1.29, 1.82) is 0 Å². The molecule has 3 rings (SSSR count). The molecule has 0 fully saturated rings. The topological polar surface area (TPSA) is 92.0 Å². The van der Waals surface area contributed by atoms with Gasteiger partial charge in [-0.25, -0.2) is 4.98 Å². The van der Waals surface area contributed by atoms with E-state index in [-0.39, 0.29) is 0 Å². The number of nitrogens with one attached hydrogen (secondary N) is 2. The van der Waals surface area contributed by atoms with Gasteiger partial charge in [-0.3, -0.25) is 4.98 Å². The number of hydrogen-bond donors (Lipinski definition) is 3. The average Bonchev–Trinajstić information content (AvgIpc) is 2.68. The maximum atomic E-state index is 5.99. The van der Waals surface area contributed by atoms with Gasteiger partial charge in [-0.2, -0.15) is 4.98 Å². The van der Waals surface area contributed by atoms with Crippen LogP contribution in [0, 0.1) is 13.8 Å². The first kappa shape index (κ1) is 20.8. The van der Waals surface area contributed by atoms with Crippen molar-refractivity contribution < 1.29 is 0 Å². The molecule has 29 heavy (non-hydrogen) atoms. The van der Waals surface area contributed by atoms with Gasteiger partial charge in [-0.15, -0.1) is 0 Å². The molecule has 0 aliphatic heterocycles. The SMILES string of the molecule is CCN(CC)CCCNc1nc(C)cc(Nc2cc(C)nc3ccc(N)cc23)n1. The Morgan fingerprint density at radius 3 is 2.48 bits per heavy atom. The Hall–Kier alpha value is -2.93. The average molecular weight is 394 g/mol. The fourth-order valence-electron chi connectivity index (χ4n) is 3.37. The minimum atomic E-state index is 0.640. The molecular formula is C22H31N7. The second-order valence-electron chi connectivity index (χ2n) is 7.24. The van der Waals surface area contributed by atoms with Crippen LogP contribution >= 0.6 is 0 Å². The first-order valence-corrected chi connectivity index (χ1v) is 10.2. The van der Waals surface area contributed by atoms with Gasteiger partial charge >= 0.3 is 0 Å². The molecule has 0 bridgehead atoms. The molecule has 1 aromatic carbocycles. The lowest BCUT2D eigenvalue weighted by Gasteiger charge is -2.17. The quantitative estimate of drug-likeness (QED) is 0.372. The standard InChI is InChI=1S/C22H31N7/c1-5-29(6-2)11-7-10-24-22-26-16(4)13-21(28-22)27-20-12-15(3)25-19-9-8-17(23)14-18(19)20/h8-9,12-14H,5-7,10-11,23H2,1-4H3,(H2,24,25,26,27,28). The zero-order chi connectivity index (χ0) is 20.8. The summed E-state index contributed by atoms with van der Waals surface area (Å²) in [6.45, 7) is 12.4. The van der Waals surface area contributed by atoms with Gasteiger partial charge in [-0.1, -0.05) is 13.8 Å². The summed E-state index contributed by atoms with van der Waals surface area (Å²) < 4.78 is 0. The lowest BCUT2D eigenvalue weighted by molar-refractivity contribution is 0.303. The predicted octanol–water partition coefficient (Wildman–Crippen LogP) is 4.11. The Kier molecular flexibility index (Phi) is 6.82. The van der Waals surface area contributed by atoms with Crippen LogP contribution in [0.15, 0.2) is 30.3 Å². The zero-order valence-electron chi connectivity index (χ0n) is 17.8. The maximum Gasteiger partial charge on any atom is 0.224 e. The highest BCUT2D eigenvalue weighted by Gasteiger charge is 2.08. The second-order valence-corrected chi connectivity index (χ2v) is 7.24. The van der Waals surface area contributed by atoms with Gasteiger partial charge < -0.3 is 21.3 Å². The Morgan fingerprint density at radius 2 is 1.72 bits per heavy atom. The molecule has 0 amide bonds. The van der Waals surface area contributed by atoms with E-state index in [0.717, 1.165) is 66.4 Å². The van der Waals surface area contributed by atoms with Gasteiger partial charge in [0.05, 0.1) is 11.2 Å². The predicted molar refractivity (Wildman–Crippen MR) is 122 cm³/mol. The zero-order valence-corrected chi connectivity index (χ0v) is 17.8. The van der Waals surface area contributed by atoms with Crippen LogP contribution in [0.5, 0.6) is 0 Å². The van der Waals surface area contributed by atoms with Gasteiger partial charge in [-0.05, 0) is 64.2 Å². The number of aromatic nitrogens is 3. The molecule has 2 aromatic heterocycles. The first-order chi connectivity index (χ1) is 14.0. The molecular weight excluding hydrogens is 362 g/mol. The third kappa shape index (κ3) is 5.54. The molecule has 0 aliphatic carbocycles. The van der Waals surface area contributed by atoms with Gasteiger partial charge in [0.25, 0.3) is 0 Å². The molecule has 7 nitrogen and oxygen atoms in total. The van der Waals surface area contributed by atoms with Crippen LogP contribution in [0.2, 0.25) is 0 Å². The highest BCUT2D eigenvalue weighted by Crippen LogP contribution is 2.28. The Bertz CT molecular complexity index is 967. The number of aryl methyl sites for hydroxylation is 2. The molecule has 0 atom stereocenters. The van der Waals surface area contributed by atoms with Crippen molar-refractivity contribution in [2.24, 2.45) is 0 Å². The van der Waals surface area contributed by atoms with Crippen molar-refractivity contribution >= 4 is 34.0 Å². The fraction of sp³-hybridized carbons (Fsp3) is 0.409. The molecule has 0 spiro atoms. The summed E-state index contributed by atoms with van der Waals surface area (Å²) in [6, 6.07) is 9.69. The molecule has 0 saturated heterocycles. The molecule has 0 aliphatic rings. The number of anilines is 4. The van der Waals surface area contributed by atoms with E-state index in [1.165, 1.54) is 0 Å². The van der Waals surface area contributed by atoms with Crippen molar-refractivity contribution in [1.82, 2.24) is 19.9 Å². The van der Waals surface area contributed by atoms with E-state index < -0.39 is 0 Å². The monoisotopic (exact) mass is 393 g/mol. The van der Waals surface area contributed by atoms with E-state index in [1.54, 1.807) is 0 Å². The number of rotatable bonds is 9. The van der Waals surface area contributed by atoms with Crippen LogP contribution in [0.4, 0.5) is 23.1 Å². The largest absolute Gasteiger partial charge is 0.399 e. The summed E-state index contributed by atoms with van der Waals surface area (Å²) in [7, 11) is 0. The third-order valence-electron chi connectivity index (χ3n) is 4.91. The van der Waals surface area contributed by atoms with Crippen molar-refractivity contribution in [3.63, 3.8) is 0 Å². The smallest absolute Gasteiger partial charge is 0.224 e. The van der Waals surface area contributed by atoms with Crippen molar-refractivity contribution in [3.8, 4) is 0 Å². The molecule has 7 heteroatoms. The van der Waals surface area contributed by atoms with Crippen LogP contribution in [-0.2, 0) is 0 Å². The Morgan fingerprint density at radius 1 is 0.966 bits per heavy atom. The van der Waals surface area contributed by atoms with Gasteiger partial charge in [0.2, 0.25) is 5.95 Å². The summed E-state index contributed by atoms with van der Waals surface area (Å²) in [4.78, 5) is 16.2. The number of nitrogens with two attached hydrogens (primary N) is 1. The van der Waals surface area contributed by atoms with Crippen LogP contribution in [0.1, 0.15) is 31.7 Å². The van der Waals surface area contributed by atoms with Gasteiger partial charge in [0.15, 0.2) is 0 Å². The Labute approximate surface area is 172 Å². The molecule has 4 N–H and O–H groups in total. The van der Waals surface area contributed by atoms with Crippen molar-refractivity contribution in [3.05, 3.63) is 41.7 Å². The normalized spacial score (nSPS) is 11.2. The van der Waals surface area contributed by atoms with Crippen molar-refractivity contribution in [2.45, 2.75) is 34.1 Å². The number of benzene rings is 1. The summed E-state index contributed by atoms with van der Waals surface area (Å²) in [5.41, 5.74) is 10.4. The molecule has 2 heterocycles. The van der Waals surface area contributed by atoms with Gasteiger partial charge in [0.1, 0.15) is 5.82 Å². The van der Waals surface area contributed by atoms with E-state index in [1.807, 2.05) is 44.2 Å². The number of hydrogen-bond acceptors (Lipinski definition) is 7. The summed E-state index contributed by atoms with van der Waals surface area (Å²) in [5, 5.41) is 7.75. The van der Waals surface area contributed by atoms with E-state index in [4.69, 9.17) is 5.73 Å². The van der Waals surface area contributed by atoms with E-state index in [0.29, 0.717) is 11.6 Å². The lowest BCUT2D eigenvalue weighted by atomic mass is 10.1. The fourth-order valence-corrected chi connectivity index (χ4v) is 3.37. The van der Waals surface area contributed by atoms with E-state index in [2.05, 4.69) is 44.3 Å². The maximum absolute atomic E-state index is 5.99.